The monoisotopic (exact) mass is 255 g/mol. The molecule has 2 rings (SSSR count). The fourth-order valence-electron chi connectivity index (χ4n) is 2.12. The van der Waals surface area contributed by atoms with E-state index in [2.05, 4.69) is 12.2 Å². The molecule has 1 aliphatic carbocycles. The third-order valence-corrected chi connectivity index (χ3v) is 4.97. The number of rotatable bonds is 4. The van der Waals surface area contributed by atoms with Gasteiger partial charge in [0.1, 0.15) is 0 Å². The Bertz CT molecular complexity index is 337. The van der Waals surface area contributed by atoms with Gasteiger partial charge >= 0.3 is 0 Å². The normalized spacial score (nSPS) is 24.6. The average molecular weight is 255 g/mol. The number of hydrogen-bond donors (Lipinski definition) is 1. The number of amides is 1. The van der Waals surface area contributed by atoms with Crippen molar-refractivity contribution < 1.29 is 4.79 Å². The van der Waals surface area contributed by atoms with E-state index in [1.807, 2.05) is 29.3 Å². The van der Waals surface area contributed by atoms with Crippen molar-refractivity contribution in [2.24, 2.45) is 0 Å². The third-order valence-electron chi connectivity index (χ3n) is 2.87. The molecule has 0 aromatic carbocycles. The van der Waals surface area contributed by atoms with Crippen LogP contribution in [-0.4, -0.2) is 23.0 Å². The zero-order valence-electron chi connectivity index (χ0n) is 9.44. The van der Waals surface area contributed by atoms with Crippen molar-refractivity contribution in [2.75, 3.05) is 5.75 Å². The molecule has 1 saturated carbocycles. The minimum atomic E-state index is 0.0992. The van der Waals surface area contributed by atoms with Crippen molar-refractivity contribution in [1.82, 2.24) is 5.32 Å². The Morgan fingerprint density at radius 2 is 2.50 bits per heavy atom. The quantitative estimate of drug-likeness (QED) is 0.895. The van der Waals surface area contributed by atoms with Gasteiger partial charge in [0.15, 0.2) is 0 Å². The first kappa shape index (κ1) is 12.0. The van der Waals surface area contributed by atoms with Gasteiger partial charge in [0.25, 0.3) is 5.91 Å². The summed E-state index contributed by atoms with van der Waals surface area (Å²) in [7, 11) is 0. The summed E-state index contributed by atoms with van der Waals surface area (Å²) in [5.41, 5.74) is 0. The van der Waals surface area contributed by atoms with Crippen LogP contribution < -0.4 is 5.32 Å². The van der Waals surface area contributed by atoms with Crippen LogP contribution in [0.3, 0.4) is 0 Å². The van der Waals surface area contributed by atoms with Crippen LogP contribution in [0.25, 0.3) is 0 Å². The van der Waals surface area contributed by atoms with E-state index in [4.69, 9.17) is 0 Å². The zero-order valence-corrected chi connectivity index (χ0v) is 11.1. The smallest absolute Gasteiger partial charge is 0.261 e. The first-order valence-electron chi connectivity index (χ1n) is 5.75. The van der Waals surface area contributed by atoms with Crippen molar-refractivity contribution in [3.63, 3.8) is 0 Å². The predicted octanol–water partition coefficient (Wildman–Crippen LogP) is 3.15. The van der Waals surface area contributed by atoms with E-state index in [0.29, 0.717) is 6.04 Å². The molecule has 1 aromatic rings. The Labute approximate surface area is 105 Å². The Morgan fingerprint density at radius 1 is 1.62 bits per heavy atom. The van der Waals surface area contributed by atoms with Crippen LogP contribution in [0.1, 0.15) is 35.9 Å². The molecule has 88 valence electrons. The highest BCUT2D eigenvalue weighted by Crippen LogP contribution is 2.29. The molecule has 1 amide bonds. The number of nitrogens with one attached hydrogen (secondary N) is 1. The standard InChI is InChI=1S/C12H17NOS2/c1-2-15-10-6-5-9(8-10)13-12(14)11-4-3-7-16-11/h3-4,7,9-10H,2,5-6,8H2,1H3,(H,13,14). The lowest BCUT2D eigenvalue weighted by Crippen LogP contribution is -2.32. The molecule has 1 fully saturated rings. The second-order valence-corrected chi connectivity index (χ2v) is 6.56. The first-order chi connectivity index (χ1) is 7.79. The topological polar surface area (TPSA) is 29.1 Å². The molecular formula is C12H17NOS2. The summed E-state index contributed by atoms with van der Waals surface area (Å²) < 4.78 is 0. The maximum atomic E-state index is 11.8. The second-order valence-electron chi connectivity index (χ2n) is 4.04. The molecule has 1 heterocycles. The van der Waals surface area contributed by atoms with E-state index in [1.165, 1.54) is 23.5 Å². The van der Waals surface area contributed by atoms with Gasteiger partial charge in [-0.2, -0.15) is 11.8 Å². The summed E-state index contributed by atoms with van der Waals surface area (Å²) in [5, 5.41) is 5.82. The Balaban J connectivity index is 1.81. The van der Waals surface area contributed by atoms with Gasteiger partial charge in [-0.25, -0.2) is 0 Å². The third kappa shape index (κ3) is 3.01. The van der Waals surface area contributed by atoms with Crippen LogP contribution in [0, 0.1) is 0 Å². The van der Waals surface area contributed by atoms with E-state index in [-0.39, 0.29) is 5.91 Å². The molecule has 1 aromatic heterocycles. The van der Waals surface area contributed by atoms with Crippen molar-refractivity contribution >= 4 is 29.0 Å². The SMILES string of the molecule is CCSC1CCC(NC(=O)c2cccs2)C1. The van der Waals surface area contributed by atoms with Gasteiger partial charge in [-0.3, -0.25) is 4.79 Å². The van der Waals surface area contributed by atoms with Gasteiger partial charge in [0.05, 0.1) is 4.88 Å². The molecule has 0 aliphatic heterocycles. The van der Waals surface area contributed by atoms with Gasteiger partial charge in [-0.05, 0) is 36.5 Å². The average Bonchev–Trinajstić information content (AvgIpc) is 2.89. The highest BCUT2D eigenvalue weighted by atomic mass is 32.2. The molecule has 1 aliphatic rings. The van der Waals surface area contributed by atoms with E-state index in [1.54, 1.807) is 0 Å². The number of carbonyl (C=O) groups excluding carboxylic acids is 1. The Morgan fingerprint density at radius 3 is 3.19 bits per heavy atom. The Kier molecular flexibility index (Phi) is 4.29. The van der Waals surface area contributed by atoms with Crippen LogP contribution in [0.2, 0.25) is 0 Å². The molecule has 4 heteroatoms. The minimum absolute atomic E-state index is 0.0992. The lowest BCUT2D eigenvalue weighted by Gasteiger charge is -2.12. The number of hydrogen-bond acceptors (Lipinski definition) is 3. The van der Waals surface area contributed by atoms with E-state index in [0.717, 1.165) is 23.0 Å². The highest BCUT2D eigenvalue weighted by molar-refractivity contribution is 7.99. The maximum Gasteiger partial charge on any atom is 0.261 e. The molecule has 0 bridgehead atoms. The van der Waals surface area contributed by atoms with E-state index < -0.39 is 0 Å². The van der Waals surface area contributed by atoms with Crippen molar-refractivity contribution in [3.05, 3.63) is 22.4 Å². The largest absolute Gasteiger partial charge is 0.349 e. The van der Waals surface area contributed by atoms with Crippen LogP contribution in [0.5, 0.6) is 0 Å². The van der Waals surface area contributed by atoms with E-state index >= 15 is 0 Å². The maximum absolute atomic E-state index is 11.8. The van der Waals surface area contributed by atoms with Gasteiger partial charge in [0, 0.05) is 11.3 Å². The summed E-state index contributed by atoms with van der Waals surface area (Å²) in [6, 6.07) is 4.19. The number of carbonyl (C=O) groups is 1. The minimum Gasteiger partial charge on any atom is -0.349 e. The fourth-order valence-corrected chi connectivity index (χ4v) is 3.89. The summed E-state index contributed by atoms with van der Waals surface area (Å²) in [5.74, 6) is 1.28. The predicted molar refractivity (Wildman–Crippen MR) is 71.3 cm³/mol. The van der Waals surface area contributed by atoms with Crippen LogP contribution >= 0.6 is 23.1 Å². The first-order valence-corrected chi connectivity index (χ1v) is 7.68. The van der Waals surface area contributed by atoms with Crippen LogP contribution in [0.4, 0.5) is 0 Å². The van der Waals surface area contributed by atoms with Crippen molar-refractivity contribution in [3.8, 4) is 0 Å². The second kappa shape index (κ2) is 5.73. The lowest BCUT2D eigenvalue weighted by molar-refractivity contribution is 0.0942. The Hall–Kier alpha value is -0.480. The molecule has 0 spiro atoms. The van der Waals surface area contributed by atoms with Gasteiger partial charge < -0.3 is 5.32 Å². The molecule has 0 saturated heterocycles. The molecule has 0 radical (unpaired) electrons. The summed E-state index contributed by atoms with van der Waals surface area (Å²) >= 11 is 3.53. The van der Waals surface area contributed by atoms with Crippen LogP contribution in [-0.2, 0) is 0 Å². The van der Waals surface area contributed by atoms with Gasteiger partial charge in [0.2, 0.25) is 0 Å². The molecule has 2 unspecified atom stereocenters. The fraction of sp³-hybridized carbons (Fsp3) is 0.583. The lowest BCUT2D eigenvalue weighted by atomic mass is 10.2. The summed E-state index contributed by atoms with van der Waals surface area (Å²) in [4.78, 5) is 12.6. The molecule has 1 N–H and O–H groups in total. The molecule has 2 atom stereocenters. The van der Waals surface area contributed by atoms with Gasteiger partial charge in [-0.1, -0.05) is 13.0 Å². The molecular weight excluding hydrogens is 238 g/mol. The van der Waals surface area contributed by atoms with Crippen molar-refractivity contribution in [1.29, 1.82) is 0 Å². The molecule has 16 heavy (non-hydrogen) atoms. The number of thioether (sulfide) groups is 1. The molecule has 2 nitrogen and oxygen atoms in total. The van der Waals surface area contributed by atoms with Crippen LogP contribution in [0.15, 0.2) is 17.5 Å². The van der Waals surface area contributed by atoms with Crippen molar-refractivity contribution in [2.45, 2.75) is 37.5 Å². The highest BCUT2D eigenvalue weighted by Gasteiger charge is 2.26. The zero-order chi connectivity index (χ0) is 11.4. The number of thiophene rings is 1. The van der Waals surface area contributed by atoms with Gasteiger partial charge in [-0.15, -0.1) is 11.3 Å². The van der Waals surface area contributed by atoms with E-state index in [9.17, 15) is 4.79 Å². The summed E-state index contributed by atoms with van der Waals surface area (Å²) in [6.45, 7) is 2.20. The summed E-state index contributed by atoms with van der Waals surface area (Å²) in [6.07, 6.45) is 3.51.